The van der Waals surface area contributed by atoms with Gasteiger partial charge in [-0.2, -0.15) is 0 Å². The van der Waals surface area contributed by atoms with Gasteiger partial charge in [0, 0.05) is 6.42 Å². The van der Waals surface area contributed by atoms with Crippen LogP contribution in [0.2, 0.25) is 0 Å². The minimum atomic E-state index is -0.0895. The Morgan fingerprint density at radius 2 is 1.21 bits per heavy atom. The predicted molar refractivity (Wildman–Crippen MR) is 137 cm³/mol. The summed E-state index contributed by atoms with van der Waals surface area (Å²) in [4.78, 5) is 11.8. The smallest absolute Gasteiger partial charge is 0.305 e. The van der Waals surface area contributed by atoms with Crippen LogP contribution in [-0.2, 0) is 19.0 Å². The Bertz CT molecular complexity index is 463. The number of likely N-dealkylation sites (N-methyl/N-ethyl adjacent to an activating group) is 1. The van der Waals surface area contributed by atoms with Gasteiger partial charge < -0.3 is 18.7 Å². The van der Waals surface area contributed by atoms with Gasteiger partial charge in [-0.25, -0.2) is 0 Å². The Hall–Kier alpha value is -0.650. The molecule has 0 aromatic carbocycles. The maximum atomic E-state index is 11.8. The van der Waals surface area contributed by atoms with E-state index in [4.69, 9.17) is 14.2 Å². The number of hydrogen-bond donors (Lipinski definition) is 0. The minimum absolute atomic E-state index is 0.0895. The van der Waals surface area contributed by atoms with Crippen molar-refractivity contribution in [2.24, 2.45) is 11.8 Å². The normalized spacial score (nSPS) is 17.9. The lowest BCUT2D eigenvalue weighted by Gasteiger charge is -2.23. The van der Waals surface area contributed by atoms with Gasteiger partial charge in [-0.3, -0.25) is 4.79 Å². The van der Waals surface area contributed by atoms with Crippen LogP contribution >= 0.6 is 0 Å². The maximum Gasteiger partial charge on any atom is 0.305 e. The highest BCUT2D eigenvalue weighted by Gasteiger charge is 2.34. The summed E-state index contributed by atoms with van der Waals surface area (Å²) >= 11 is 0. The van der Waals surface area contributed by atoms with Gasteiger partial charge in [-0.05, 0) is 24.7 Å². The van der Waals surface area contributed by atoms with Crippen molar-refractivity contribution in [1.82, 2.24) is 0 Å². The molecular formula is C28H56NO4+. The molecule has 2 unspecified atom stereocenters. The van der Waals surface area contributed by atoms with Crippen LogP contribution in [0.25, 0.3) is 0 Å². The summed E-state index contributed by atoms with van der Waals surface area (Å²) in [6.45, 7) is 5.95. The van der Waals surface area contributed by atoms with Crippen molar-refractivity contribution in [3.05, 3.63) is 0 Å². The molecule has 1 fully saturated rings. The van der Waals surface area contributed by atoms with Crippen LogP contribution in [0.5, 0.6) is 0 Å². The van der Waals surface area contributed by atoms with Crippen molar-refractivity contribution in [3.63, 3.8) is 0 Å². The van der Waals surface area contributed by atoms with Crippen molar-refractivity contribution in [2.45, 2.75) is 103 Å². The number of nitrogens with zero attached hydrogens (tertiary/aromatic N) is 1. The van der Waals surface area contributed by atoms with Gasteiger partial charge in [-0.1, -0.05) is 84.0 Å². The molecule has 1 saturated carbocycles. The van der Waals surface area contributed by atoms with Crippen LogP contribution in [0, 0.1) is 11.8 Å². The summed E-state index contributed by atoms with van der Waals surface area (Å²) in [5.41, 5.74) is 0. The molecule has 1 rings (SSSR count). The van der Waals surface area contributed by atoms with E-state index >= 15 is 0 Å². The van der Waals surface area contributed by atoms with Gasteiger partial charge in [0.05, 0.1) is 47.6 Å². The molecule has 0 aliphatic heterocycles. The van der Waals surface area contributed by atoms with Crippen molar-refractivity contribution < 1.29 is 23.5 Å². The van der Waals surface area contributed by atoms with E-state index in [1.54, 1.807) is 0 Å². The maximum absolute atomic E-state index is 11.8. The number of unbranched alkanes of at least 4 members (excludes halogenated alkanes) is 9. The molecule has 5 nitrogen and oxygen atoms in total. The molecule has 0 aromatic rings. The van der Waals surface area contributed by atoms with E-state index in [-0.39, 0.29) is 5.97 Å². The zero-order valence-electron chi connectivity index (χ0n) is 22.6. The molecule has 0 bridgehead atoms. The molecule has 0 N–H and O–H groups in total. The highest BCUT2D eigenvalue weighted by molar-refractivity contribution is 5.69. The van der Waals surface area contributed by atoms with Gasteiger partial charge >= 0.3 is 5.97 Å². The monoisotopic (exact) mass is 470 g/mol. The van der Waals surface area contributed by atoms with Crippen LogP contribution in [0.4, 0.5) is 0 Å². The predicted octanol–water partition coefficient (Wildman–Crippen LogP) is 6.39. The second-order valence-electron chi connectivity index (χ2n) is 11.1. The van der Waals surface area contributed by atoms with E-state index in [9.17, 15) is 4.79 Å². The van der Waals surface area contributed by atoms with E-state index in [1.165, 1.54) is 77.0 Å². The quantitative estimate of drug-likeness (QED) is 0.0932. The highest BCUT2D eigenvalue weighted by Crippen LogP contribution is 2.45. The lowest BCUT2D eigenvalue weighted by atomic mass is 10.0. The molecular weight excluding hydrogens is 414 g/mol. The average Bonchev–Trinajstić information content (AvgIpc) is 3.51. The first-order valence-electron chi connectivity index (χ1n) is 14.0. The van der Waals surface area contributed by atoms with E-state index in [0.717, 1.165) is 42.3 Å². The minimum Gasteiger partial charge on any atom is -0.463 e. The molecule has 0 radical (unpaired) electrons. The lowest BCUT2D eigenvalue weighted by molar-refractivity contribution is -0.870. The number of rotatable bonds is 24. The molecule has 2 atom stereocenters. The van der Waals surface area contributed by atoms with Crippen LogP contribution in [0.3, 0.4) is 0 Å². The molecule has 0 heterocycles. The molecule has 5 heteroatoms. The molecule has 0 amide bonds. The molecule has 33 heavy (non-hydrogen) atoms. The van der Waals surface area contributed by atoms with Crippen molar-refractivity contribution >= 4 is 5.97 Å². The summed E-state index contributed by atoms with van der Waals surface area (Å²) < 4.78 is 17.1. The van der Waals surface area contributed by atoms with Crippen molar-refractivity contribution in [3.8, 4) is 0 Å². The van der Waals surface area contributed by atoms with E-state index in [2.05, 4.69) is 28.1 Å². The SMILES string of the molecule is CCCCCCCCC1CC1CCCCCCCC(=O)OCCOCCOCC[N+](C)(C)C. The van der Waals surface area contributed by atoms with E-state index in [1.807, 2.05) is 0 Å². The molecule has 196 valence electrons. The third kappa shape index (κ3) is 20.4. The largest absolute Gasteiger partial charge is 0.463 e. The third-order valence-corrected chi connectivity index (χ3v) is 6.72. The lowest BCUT2D eigenvalue weighted by Crippen LogP contribution is -2.37. The van der Waals surface area contributed by atoms with Gasteiger partial charge in [0.1, 0.15) is 13.2 Å². The second kappa shape index (κ2) is 19.6. The molecule has 0 spiro atoms. The van der Waals surface area contributed by atoms with E-state index in [0.29, 0.717) is 32.8 Å². The number of ether oxygens (including phenoxy) is 3. The Kier molecular flexibility index (Phi) is 18.1. The first kappa shape index (κ1) is 30.4. The summed E-state index contributed by atoms with van der Waals surface area (Å²) in [6, 6.07) is 0. The third-order valence-electron chi connectivity index (χ3n) is 6.72. The first-order valence-corrected chi connectivity index (χ1v) is 14.0. The fourth-order valence-corrected chi connectivity index (χ4v) is 4.36. The van der Waals surface area contributed by atoms with Crippen LogP contribution in [0.15, 0.2) is 0 Å². The Morgan fingerprint density at radius 1 is 0.697 bits per heavy atom. The number of esters is 1. The standard InChI is InChI=1S/C28H56NO4/c1-5-6-7-8-10-13-16-26-25-27(26)17-14-11-9-12-15-18-28(30)33-24-23-32-22-21-31-20-19-29(2,3)4/h26-27H,5-25H2,1-4H3/q+1. The summed E-state index contributed by atoms with van der Waals surface area (Å²) in [5.74, 6) is 2.00. The van der Waals surface area contributed by atoms with Crippen molar-refractivity contribution in [2.75, 3.05) is 60.7 Å². The first-order chi connectivity index (χ1) is 15.9. The summed E-state index contributed by atoms with van der Waals surface area (Å²) in [6.07, 6.45) is 19.5. The average molecular weight is 471 g/mol. The summed E-state index contributed by atoms with van der Waals surface area (Å²) in [7, 11) is 6.44. The van der Waals surface area contributed by atoms with Crippen molar-refractivity contribution in [1.29, 1.82) is 0 Å². The summed E-state index contributed by atoms with van der Waals surface area (Å²) in [5, 5.41) is 0. The topological polar surface area (TPSA) is 44.8 Å². The molecule has 0 aromatic heterocycles. The van der Waals surface area contributed by atoms with Gasteiger partial charge in [0.25, 0.3) is 0 Å². The molecule has 1 aliphatic carbocycles. The molecule has 0 saturated heterocycles. The Labute approximate surface area is 205 Å². The van der Waals surface area contributed by atoms with Gasteiger partial charge in [-0.15, -0.1) is 0 Å². The van der Waals surface area contributed by atoms with E-state index < -0.39 is 0 Å². The Morgan fingerprint density at radius 3 is 1.82 bits per heavy atom. The van der Waals surface area contributed by atoms with Crippen LogP contribution in [-0.4, -0.2) is 71.2 Å². The zero-order chi connectivity index (χ0) is 24.2. The molecule has 1 aliphatic rings. The fourth-order valence-electron chi connectivity index (χ4n) is 4.36. The number of quaternary nitrogens is 1. The zero-order valence-corrected chi connectivity index (χ0v) is 22.6. The van der Waals surface area contributed by atoms with Crippen LogP contribution in [0.1, 0.15) is 103 Å². The fraction of sp³-hybridized carbons (Fsp3) is 0.964. The van der Waals surface area contributed by atoms with Crippen LogP contribution < -0.4 is 0 Å². The van der Waals surface area contributed by atoms with Gasteiger partial charge in [0.15, 0.2) is 0 Å². The van der Waals surface area contributed by atoms with Gasteiger partial charge in [0.2, 0.25) is 0 Å². The highest BCUT2D eigenvalue weighted by atomic mass is 16.6. The Balaban J connectivity index is 1.75. The number of carbonyl (C=O) groups excluding carboxylic acids is 1. The number of carbonyl (C=O) groups is 1. The second-order valence-corrected chi connectivity index (χ2v) is 11.1. The number of hydrogen-bond acceptors (Lipinski definition) is 4.